The predicted octanol–water partition coefficient (Wildman–Crippen LogP) is 2.34. The van der Waals surface area contributed by atoms with E-state index in [1.165, 1.54) is 16.5 Å². The Hall–Kier alpha value is -0.840. The summed E-state index contributed by atoms with van der Waals surface area (Å²) in [5.74, 6) is 0. The van der Waals surface area contributed by atoms with Gasteiger partial charge in [0.15, 0.2) is 0 Å². The van der Waals surface area contributed by atoms with Crippen molar-refractivity contribution in [2.75, 3.05) is 6.54 Å². The molecule has 0 fully saturated rings. The van der Waals surface area contributed by atoms with Gasteiger partial charge >= 0.3 is 0 Å². The second-order valence-electron chi connectivity index (χ2n) is 4.60. The third kappa shape index (κ3) is 1.71. The molecule has 0 saturated heterocycles. The number of halogens is 1. The first-order chi connectivity index (χ1) is 8.20. The van der Waals surface area contributed by atoms with Gasteiger partial charge in [-0.1, -0.05) is 6.07 Å². The molecule has 2 aromatic rings. The Kier molecular flexibility index (Phi) is 2.73. The van der Waals surface area contributed by atoms with E-state index >= 15 is 0 Å². The molecule has 1 aromatic carbocycles. The van der Waals surface area contributed by atoms with Crippen LogP contribution in [0, 0.1) is 0 Å². The fourth-order valence-corrected chi connectivity index (χ4v) is 3.20. The lowest BCUT2D eigenvalue weighted by Crippen LogP contribution is -2.13. The number of nitrogens with two attached hydrogens (primary N) is 1. The molecule has 0 radical (unpaired) electrons. The van der Waals surface area contributed by atoms with Gasteiger partial charge in [0.2, 0.25) is 0 Å². The van der Waals surface area contributed by atoms with Crippen molar-refractivity contribution >= 4 is 26.8 Å². The highest BCUT2D eigenvalue weighted by Gasteiger charge is 2.18. The smallest absolute Gasteiger partial charge is 0.0912 e. The van der Waals surface area contributed by atoms with E-state index in [4.69, 9.17) is 5.73 Å². The number of aryl methyl sites for hydroxylation is 2. The fourth-order valence-electron chi connectivity index (χ4n) is 2.65. The molecule has 90 valence electrons. The molecule has 1 aliphatic rings. The number of hydrogen-bond acceptors (Lipinski definition) is 2. The van der Waals surface area contributed by atoms with Crippen LogP contribution in [0.3, 0.4) is 0 Å². The van der Waals surface area contributed by atoms with E-state index in [9.17, 15) is 5.11 Å². The Balaban J connectivity index is 2.28. The molecule has 0 saturated carbocycles. The van der Waals surface area contributed by atoms with Crippen LogP contribution in [-0.2, 0) is 13.0 Å². The van der Waals surface area contributed by atoms with Crippen LogP contribution in [0.5, 0.6) is 0 Å². The highest BCUT2D eigenvalue weighted by Crippen LogP contribution is 2.34. The Morgan fingerprint density at radius 3 is 3.06 bits per heavy atom. The first kappa shape index (κ1) is 11.3. The van der Waals surface area contributed by atoms with Gasteiger partial charge in [-0.05, 0) is 46.0 Å². The van der Waals surface area contributed by atoms with Gasteiger partial charge in [-0.3, -0.25) is 0 Å². The summed E-state index contributed by atoms with van der Waals surface area (Å²) in [5, 5.41) is 11.1. The predicted molar refractivity (Wildman–Crippen MR) is 72.0 cm³/mol. The molecule has 0 amide bonds. The minimum atomic E-state index is -0.562. The fraction of sp³-hybridized carbons (Fsp3) is 0.385. The van der Waals surface area contributed by atoms with E-state index in [0.717, 1.165) is 29.4 Å². The minimum absolute atomic E-state index is 0.267. The van der Waals surface area contributed by atoms with E-state index in [0.29, 0.717) is 0 Å². The zero-order chi connectivity index (χ0) is 12.0. The molecule has 1 aliphatic heterocycles. The highest BCUT2D eigenvalue weighted by atomic mass is 79.9. The minimum Gasteiger partial charge on any atom is -0.387 e. The molecule has 3 rings (SSSR count). The number of aliphatic hydroxyl groups excluding tert-OH is 1. The van der Waals surface area contributed by atoms with E-state index in [1.54, 1.807) is 0 Å². The lowest BCUT2D eigenvalue weighted by molar-refractivity contribution is 0.187. The molecule has 1 aromatic heterocycles. The molecule has 0 aliphatic carbocycles. The lowest BCUT2D eigenvalue weighted by atomic mass is 9.98. The number of benzene rings is 1. The Labute approximate surface area is 108 Å². The summed E-state index contributed by atoms with van der Waals surface area (Å²) in [6, 6.07) is 4.14. The lowest BCUT2D eigenvalue weighted by Gasteiger charge is -2.18. The summed E-state index contributed by atoms with van der Waals surface area (Å²) in [7, 11) is 0. The molecule has 1 atom stereocenters. The first-order valence-corrected chi connectivity index (χ1v) is 6.69. The van der Waals surface area contributed by atoms with E-state index in [-0.39, 0.29) is 6.54 Å². The summed E-state index contributed by atoms with van der Waals surface area (Å²) < 4.78 is 3.39. The van der Waals surface area contributed by atoms with Crippen LogP contribution in [0.25, 0.3) is 10.9 Å². The number of nitrogens with zero attached hydrogens (tertiary/aromatic N) is 1. The van der Waals surface area contributed by atoms with Crippen LogP contribution < -0.4 is 5.73 Å². The van der Waals surface area contributed by atoms with Crippen molar-refractivity contribution in [1.82, 2.24) is 4.57 Å². The van der Waals surface area contributed by atoms with Crippen LogP contribution in [0.2, 0.25) is 0 Å². The number of rotatable bonds is 2. The van der Waals surface area contributed by atoms with Crippen LogP contribution in [-0.4, -0.2) is 16.2 Å². The summed E-state index contributed by atoms with van der Waals surface area (Å²) in [4.78, 5) is 0. The second kappa shape index (κ2) is 4.12. The number of aliphatic hydroxyl groups is 1. The van der Waals surface area contributed by atoms with E-state index < -0.39 is 6.10 Å². The zero-order valence-electron chi connectivity index (χ0n) is 9.49. The molecular formula is C13H15BrN2O. The van der Waals surface area contributed by atoms with E-state index in [1.807, 2.05) is 6.07 Å². The molecule has 0 bridgehead atoms. The van der Waals surface area contributed by atoms with Crippen LogP contribution >= 0.6 is 15.9 Å². The summed E-state index contributed by atoms with van der Waals surface area (Å²) in [6.45, 7) is 1.34. The molecule has 2 heterocycles. The molecule has 4 heteroatoms. The van der Waals surface area contributed by atoms with Gasteiger partial charge in [-0.25, -0.2) is 0 Å². The van der Waals surface area contributed by atoms with Crippen molar-refractivity contribution in [3.8, 4) is 0 Å². The largest absolute Gasteiger partial charge is 0.387 e. The quantitative estimate of drug-likeness (QED) is 0.893. The molecule has 3 nitrogen and oxygen atoms in total. The van der Waals surface area contributed by atoms with Crippen LogP contribution in [0.1, 0.15) is 23.7 Å². The third-order valence-electron chi connectivity index (χ3n) is 3.48. The van der Waals surface area contributed by atoms with Gasteiger partial charge in [0.25, 0.3) is 0 Å². The van der Waals surface area contributed by atoms with Crippen molar-refractivity contribution in [3.05, 3.63) is 33.9 Å². The molecular weight excluding hydrogens is 280 g/mol. The summed E-state index contributed by atoms with van der Waals surface area (Å²) in [5.41, 5.74) is 9.08. The van der Waals surface area contributed by atoms with Gasteiger partial charge in [0.05, 0.1) is 11.6 Å². The maximum Gasteiger partial charge on any atom is 0.0912 e. The molecule has 0 spiro atoms. The summed E-state index contributed by atoms with van der Waals surface area (Å²) >= 11 is 3.59. The van der Waals surface area contributed by atoms with E-state index in [2.05, 4.69) is 32.8 Å². The summed E-state index contributed by atoms with van der Waals surface area (Å²) in [6.07, 6.45) is 3.81. The Morgan fingerprint density at radius 1 is 1.47 bits per heavy atom. The first-order valence-electron chi connectivity index (χ1n) is 5.90. The zero-order valence-corrected chi connectivity index (χ0v) is 11.1. The Bertz CT molecular complexity index is 576. The van der Waals surface area contributed by atoms with Crippen molar-refractivity contribution < 1.29 is 5.11 Å². The highest BCUT2D eigenvalue weighted by molar-refractivity contribution is 9.10. The normalized spacial score (nSPS) is 16.4. The maximum absolute atomic E-state index is 9.88. The molecule has 1 unspecified atom stereocenters. The van der Waals surface area contributed by atoms with Crippen molar-refractivity contribution in [2.45, 2.75) is 25.5 Å². The van der Waals surface area contributed by atoms with Crippen molar-refractivity contribution in [1.29, 1.82) is 0 Å². The monoisotopic (exact) mass is 294 g/mol. The Morgan fingerprint density at radius 2 is 2.29 bits per heavy atom. The average molecular weight is 295 g/mol. The second-order valence-corrected chi connectivity index (χ2v) is 5.46. The van der Waals surface area contributed by atoms with Gasteiger partial charge in [0.1, 0.15) is 0 Å². The van der Waals surface area contributed by atoms with Gasteiger partial charge in [-0.2, -0.15) is 0 Å². The standard InChI is InChI=1S/C13H15BrN2O/c14-11-7-16-3-1-2-8-4-9(12(17)6-15)5-10(11)13(8)16/h4-5,7,12,17H,1-3,6,15H2. The maximum atomic E-state index is 9.88. The SMILES string of the molecule is NCC(O)c1cc2c3c(c1)c(Br)cn3CCC2. The van der Waals surface area contributed by atoms with Crippen LogP contribution in [0.15, 0.2) is 22.8 Å². The topological polar surface area (TPSA) is 51.2 Å². The van der Waals surface area contributed by atoms with Crippen molar-refractivity contribution in [3.63, 3.8) is 0 Å². The van der Waals surface area contributed by atoms with Gasteiger partial charge in [-0.15, -0.1) is 0 Å². The van der Waals surface area contributed by atoms with Gasteiger partial charge in [0, 0.05) is 29.1 Å². The average Bonchev–Trinajstić information content (AvgIpc) is 2.67. The van der Waals surface area contributed by atoms with Gasteiger partial charge < -0.3 is 15.4 Å². The van der Waals surface area contributed by atoms with Crippen LogP contribution in [0.4, 0.5) is 0 Å². The third-order valence-corrected chi connectivity index (χ3v) is 4.11. The molecule has 3 N–H and O–H groups in total. The molecule has 17 heavy (non-hydrogen) atoms. The number of aromatic nitrogens is 1. The number of hydrogen-bond donors (Lipinski definition) is 2. The van der Waals surface area contributed by atoms with Crippen molar-refractivity contribution in [2.24, 2.45) is 5.73 Å².